The van der Waals surface area contributed by atoms with Crippen LogP contribution < -0.4 is 9.72 Å². The lowest BCUT2D eigenvalue weighted by atomic mass is 9.97. The quantitative estimate of drug-likeness (QED) is 0.158. The molecular formula is C22H18FNO5S. The highest BCUT2D eigenvalue weighted by molar-refractivity contribution is 7.80. The second-order valence-electron chi connectivity index (χ2n) is 6.65. The van der Waals surface area contributed by atoms with Gasteiger partial charge in [0.15, 0.2) is 0 Å². The van der Waals surface area contributed by atoms with Crippen LogP contribution in [0.25, 0.3) is 21.8 Å². The van der Waals surface area contributed by atoms with Crippen LogP contribution in [-0.4, -0.2) is 18.9 Å². The summed E-state index contributed by atoms with van der Waals surface area (Å²) in [7, 11) is -5.42. The van der Waals surface area contributed by atoms with E-state index in [0.29, 0.717) is 11.3 Å². The van der Waals surface area contributed by atoms with Crippen molar-refractivity contribution < 1.29 is 31.4 Å². The molecule has 0 amide bonds. The van der Waals surface area contributed by atoms with E-state index < -0.39 is 10.5 Å². The number of carbonyl (C=O) groups excluding carboxylic acids is 1. The number of halogens is 1. The van der Waals surface area contributed by atoms with E-state index in [2.05, 4.69) is 24.0 Å². The van der Waals surface area contributed by atoms with Gasteiger partial charge in [0, 0.05) is 12.1 Å². The van der Waals surface area contributed by atoms with Gasteiger partial charge in [-0.1, -0.05) is 36.4 Å². The normalized spacial score (nSPS) is 11.1. The molecule has 0 aliphatic rings. The van der Waals surface area contributed by atoms with Crippen molar-refractivity contribution in [3.05, 3.63) is 83.4 Å². The number of ether oxygens (including phenoxy) is 1. The molecule has 3 aromatic carbocycles. The van der Waals surface area contributed by atoms with Crippen molar-refractivity contribution in [3.8, 4) is 5.75 Å². The molecule has 1 aromatic heterocycles. The molecule has 0 fully saturated rings. The predicted molar refractivity (Wildman–Crippen MR) is 110 cm³/mol. The number of hydrogen-bond acceptors (Lipinski definition) is 5. The van der Waals surface area contributed by atoms with Crippen molar-refractivity contribution in [1.29, 1.82) is 0 Å². The van der Waals surface area contributed by atoms with Crippen LogP contribution in [0.1, 0.15) is 21.5 Å². The van der Waals surface area contributed by atoms with Crippen molar-refractivity contribution in [2.75, 3.05) is 0 Å². The highest BCUT2D eigenvalue weighted by Crippen LogP contribution is 2.28. The number of H-pyrrole nitrogens is 1. The van der Waals surface area contributed by atoms with Crippen molar-refractivity contribution in [3.63, 3.8) is 0 Å². The summed E-state index contributed by atoms with van der Waals surface area (Å²) in [5.41, 5.74) is 4.66. The lowest BCUT2D eigenvalue weighted by Gasteiger charge is -2.10. The maximum Gasteiger partial charge on any atom is 0.345 e. The van der Waals surface area contributed by atoms with Gasteiger partial charge in [-0.25, -0.2) is 18.2 Å². The number of aromatic amines is 1. The first kappa shape index (κ1) is 21.4. The number of carbonyl (C=O) groups is 1. The molecule has 154 valence electrons. The van der Waals surface area contributed by atoms with E-state index in [1.807, 2.05) is 49.4 Å². The number of hydrogen-bond donors (Lipinski definition) is 0. The largest absolute Gasteiger partial charge is 0.722 e. The fourth-order valence-corrected chi connectivity index (χ4v) is 3.35. The average molecular weight is 427 g/mol. The van der Waals surface area contributed by atoms with E-state index in [9.17, 15) is 8.68 Å². The van der Waals surface area contributed by atoms with Crippen LogP contribution >= 0.6 is 0 Å². The molecule has 0 aliphatic heterocycles. The van der Waals surface area contributed by atoms with Gasteiger partial charge in [-0.15, -0.1) is 3.89 Å². The molecule has 4 rings (SSSR count). The zero-order valence-corrected chi connectivity index (χ0v) is 17.0. The van der Waals surface area contributed by atoms with Crippen molar-refractivity contribution in [1.82, 2.24) is 0 Å². The van der Waals surface area contributed by atoms with Gasteiger partial charge < -0.3 is 9.29 Å². The van der Waals surface area contributed by atoms with E-state index in [0.717, 1.165) is 32.9 Å². The van der Waals surface area contributed by atoms with E-state index >= 15 is 0 Å². The van der Waals surface area contributed by atoms with Crippen LogP contribution in [-0.2, 0) is 10.5 Å². The fourth-order valence-electron chi connectivity index (χ4n) is 3.35. The van der Waals surface area contributed by atoms with E-state index in [1.165, 1.54) is 0 Å². The van der Waals surface area contributed by atoms with Gasteiger partial charge in [0.05, 0.1) is 16.3 Å². The van der Waals surface area contributed by atoms with E-state index in [4.69, 9.17) is 17.7 Å². The molecular weight excluding hydrogens is 409 g/mol. The van der Waals surface area contributed by atoms with Gasteiger partial charge in [-0.2, -0.15) is 0 Å². The number of nitrogens with one attached hydrogen (secondary N) is 1. The molecule has 4 aromatic rings. The summed E-state index contributed by atoms with van der Waals surface area (Å²) in [5.74, 6) is 0.204. The molecule has 8 heteroatoms. The van der Waals surface area contributed by atoms with Gasteiger partial charge >= 0.3 is 5.97 Å². The number of pyridine rings is 1. The Labute approximate surface area is 173 Å². The summed E-state index contributed by atoms with van der Waals surface area (Å²) in [6.45, 7) is 4.08. The molecule has 30 heavy (non-hydrogen) atoms. The molecule has 1 heterocycles. The van der Waals surface area contributed by atoms with Crippen LogP contribution in [0.3, 0.4) is 0 Å². The van der Waals surface area contributed by atoms with Crippen LogP contribution in [0.5, 0.6) is 5.75 Å². The highest BCUT2D eigenvalue weighted by Gasteiger charge is 2.23. The smallest absolute Gasteiger partial charge is 0.345 e. The lowest BCUT2D eigenvalue weighted by Crippen LogP contribution is -2.16. The average Bonchev–Trinajstić information content (AvgIpc) is 2.65. The number of benzene rings is 3. The van der Waals surface area contributed by atoms with Crippen LogP contribution in [0.15, 0.2) is 66.7 Å². The monoisotopic (exact) mass is 427 g/mol. The number of aromatic nitrogens is 1. The Bertz CT molecular complexity index is 1330. The first-order valence-electron chi connectivity index (χ1n) is 8.91. The number of fused-ring (bicyclic) bond motifs is 2. The number of aryl methyl sites for hydroxylation is 2. The summed E-state index contributed by atoms with van der Waals surface area (Å²) in [6.07, 6.45) is 0. The number of esters is 1. The Hall–Kier alpha value is -3.36. The highest BCUT2D eigenvalue weighted by atomic mass is 32.3. The molecule has 0 spiro atoms. The number of para-hydroxylation sites is 2. The molecule has 1 N–H and O–H groups in total. The van der Waals surface area contributed by atoms with Gasteiger partial charge in [0.1, 0.15) is 5.75 Å². The van der Waals surface area contributed by atoms with Crippen molar-refractivity contribution in [2.45, 2.75) is 13.8 Å². The molecule has 0 aliphatic carbocycles. The minimum Gasteiger partial charge on any atom is -0.722 e. The molecule has 0 saturated heterocycles. The standard InChI is InChI=1S/C22H17NO2.FHO3S/c1-14-12-15(2)20-19(13-14)23-18-11-7-6-10-17(18)21(20)22(24)25-16-8-4-3-5-9-16;1-5(2,3)4/h3-13H,1-2H3;(H,2,3,4). The Kier molecular flexibility index (Phi) is 6.09. The Balaban J connectivity index is 0.000000461. The van der Waals surface area contributed by atoms with Gasteiger partial charge in [-0.05, 0) is 43.2 Å². The third-order valence-electron chi connectivity index (χ3n) is 4.35. The summed E-state index contributed by atoms with van der Waals surface area (Å²) < 4.78 is 41.0. The maximum atomic E-state index is 13.0. The first-order valence-corrected chi connectivity index (χ1v) is 10.2. The van der Waals surface area contributed by atoms with Crippen LogP contribution in [0, 0.1) is 13.8 Å². The second kappa shape index (κ2) is 8.56. The van der Waals surface area contributed by atoms with Crippen LogP contribution in [0.4, 0.5) is 3.89 Å². The zero-order valence-electron chi connectivity index (χ0n) is 16.2. The first-order chi connectivity index (χ1) is 14.1. The fraction of sp³-hybridized carbons (Fsp3) is 0.0909. The predicted octanol–water partition coefficient (Wildman–Crippen LogP) is 4.06. The molecule has 0 unspecified atom stereocenters. The molecule has 0 radical (unpaired) electrons. The summed E-state index contributed by atoms with van der Waals surface area (Å²) >= 11 is 0. The van der Waals surface area contributed by atoms with Gasteiger partial charge in [0.2, 0.25) is 11.0 Å². The van der Waals surface area contributed by atoms with Gasteiger partial charge in [-0.3, -0.25) is 0 Å². The number of rotatable bonds is 2. The SMILES string of the molecule is Cc1cc(C)c2c(C(=O)Oc3ccccc3)c3ccccc3[nH+]c2c1.O=S(=O)([O-])F. The topological polar surface area (TPSA) is 97.6 Å². The van der Waals surface area contributed by atoms with Crippen molar-refractivity contribution in [2.24, 2.45) is 0 Å². The third kappa shape index (κ3) is 5.16. The zero-order chi connectivity index (χ0) is 21.9. The third-order valence-corrected chi connectivity index (χ3v) is 4.35. The lowest BCUT2D eigenvalue weighted by molar-refractivity contribution is -0.310. The molecule has 0 saturated carbocycles. The van der Waals surface area contributed by atoms with Gasteiger partial charge in [0.25, 0.3) is 10.5 Å². The summed E-state index contributed by atoms with van der Waals surface area (Å²) in [6, 6.07) is 21.1. The minimum absolute atomic E-state index is 0.339. The Morgan fingerprint density at radius 1 is 0.967 bits per heavy atom. The molecule has 6 nitrogen and oxygen atoms in total. The maximum absolute atomic E-state index is 13.0. The Morgan fingerprint density at radius 2 is 1.57 bits per heavy atom. The minimum atomic E-state index is -5.42. The molecule has 0 bridgehead atoms. The second-order valence-corrected chi connectivity index (χ2v) is 7.43. The summed E-state index contributed by atoms with van der Waals surface area (Å²) in [4.78, 5) is 16.5. The van der Waals surface area contributed by atoms with Crippen LogP contribution in [0.2, 0.25) is 0 Å². The van der Waals surface area contributed by atoms with Crippen molar-refractivity contribution >= 4 is 38.3 Å². The van der Waals surface area contributed by atoms with E-state index in [1.54, 1.807) is 12.1 Å². The van der Waals surface area contributed by atoms with E-state index in [-0.39, 0.29) is 5.97 Å². The molecule has 0 atom stereocenters. The summed E-state index contributed by atoms with van der Waals surface area (Å²) in [5, 5.41) is 1.77. The Morgan fingerprint density at radius 3 is 2.23 bits per heavy atom.